The van der Waals surface area contributed by atoms with Crippen molar-refractivity contribution in [1.29, 1.82) is 0 Å². The summed E-state index contributed by atoms with van der Waals surface area (Å²) in [6.07, 6.45) is -1.18. The maximum atomic E-state index is 12.3. The average Bonchev–Trinajstić information content (AvgIpc) is 2.39. The summed E-state index contributed by atoms with van der Waals surface area (Å²) < 4.78 is 37.0. The maximum absolute atomic E-state index is 12.3. The van der Waals surface area contributed by atoms with Gasteiger partial charge in [0.05, 0.1) is 6.04 Å². The van der Waals surface area contributed by atoms with Crippen molar-refractivity contribution in [2.24, 2.45) is 0 Å². The number of anilines is 1. The van der Waals surface area contributed by atoms with Crippen molar-refractivity contribution in [3.8, 4) is 0 Å². The first-order valence-electron chi connectivity index (χ1n) is 5.54. The Hall–Kier alpha value is -2.18. The Bertz CT molecular complexity index is 525. The van der Waals surface area contributed by atoms with Gasteiger partial charge in [0.1, 0.15) is 5.82 Å². The van der Waals surface area contributed by atoms with Crippen LogP contribution in [0.5, 0.6) is 0 Å². The van der Waals surface area contributed by atoms with E-state index in [1.807, 2.05) is 19.1 Å². The molecule has 0 radical (unpaired) electrons. The van der Waals surface area contributed by atoms with Crippen LogP contribution in [0.15, 0.2) is 36.7 Å². The molecule has 0 spiro atoms. The second-order valence-electron chi connectivity index (χ2n) is 3.95. The van der Waals surface area contributed by atoms with Crippen LogP contribution in [0.25, 0.3) is 0 Å². The molecular weight excluding hydrogens is 257 g/mol. The van der Waals surface area contributed by atoms with Crippen LogP contribution in [0, 0.1) is 0 Å². The first kappa shape index (κ1) is 13.3. The molecular formula is C12H11F3N4. The number of hydrogen-bond donors (Lipinski definition) is 1. The lowest BCUT2D eigenvalue weighted by atomic mass is 10.1. The molecule has 1 unspecified atom stereocenters. The van der Waals surface area contributed by atoms with Crippen LogP contribution < -0.4 is 5.32 Å². The van der Waals surface area contributed by atoms with E-state index in [0.29, 0.717) is 0 Å². The first-order valence-corrected chi connectivity index (χ1v) is 5.54. The normalized spacial score (nSPS) is 13.1. The van der Waals surface area contributed by atoms with Crippen LogP contribution >= 0.6 is 0 Å². The molecule has 2 aromatic heterocycles. The Morgan fingerprint density at radius 1 is 1.05 bits per heavy atom. The number of nitrogens with zero attached hydrogens (tertiary/aromatic N) is 3. The number of halogens is 3. The molecule has 0 saturated heterocycles. The van der Waals surface area contributed by atoms with Crippen molar-refractivity contribution < 1.29 is 13.2 Å². The SMILES string of the molecule is CC(Nc1ccc(C(F)(F)F)nn1)c1ccncc1. The fourth-order valence-electron chi connectivity index (χ4n) is 1.52. The molecule has 0 aliphatic heterocycles. The van der Waals surface area contributed by atoms with Gasteiger partial charge < -0.3 is 5.32 Å². The summed E-state index contributed by atoms with van der Waals surface area (Å²) in [6, 6.07) is 5.68. The van der Waals surface area contributed by atoms with Gasteiger partial charge >= 0.3 is 6.18 Å². The summed E-state index contributed by atoms with van der Waals surface area (Å²) in [7, 11) is 0. The number of pyridine rings is 1. The molecule has 4 nitrogen and oxygen atoms in total. The molecule has 0 saturated carbocycles. The highest BCUT2D eigenvalue weighted by Crippen LogP contribution is 2.27. The summed E-state index contributed by atoms with van der Waals surface area (Å²) in [5.74, 6) is 0.289. The molecule has 0 fully saturated rings. The second kappa shape index (κ2) is 5.21. The summed E-state index contributed by atoms with van der Waals surface area (Å²) in [6.45, 7) is 1.87. The highest BCUT2D eigenvalue weighted by molar-refractivity contribution is 5.37. The predicted octanol–water partition coefficient (Wildman–Crippen LogP) is 3.06. The zero-order chi connectivity index (χ0) is 13.9. The topological polar surface area (TPSA) is 50.7 Å². The molecule has 100 valence electrons. The number of alkyl halides is 3. The van der Waals surface area contributed by atoms with Crippen molar-refractivity contribution in [3.63, 3.8) is 0 Å². The summed E-state index contributed by atoms with van der Waals surface area (Å²) in [5, 5.41) is 9.63. The minimum absolute atomic E-state index is 0.103. The summed E-state index contributed by atoms with van der Waals surface area (Å²) >= 11 is 0. The Morgan fingerprint density at radius 2 is 1.74 bits per heavy atom. The molecule has 1 N–H and O–H groups in total. The van der Waals surface area contributed by atoms with Crippen LogP contribution in [0.2, 0.25) is 0 Å². The smallest absolute Gasteiger partial charge is 0.362 e. The Labute approximate surface area is 107 Å². The Morgan fingerprint density at radius 3 is 2.26 bits per heavy atom. The van der Waals surface area contributed by atoms with Crippen molar-refractivity contribution in [2.45, 2.75) is 19.1 Å². The van der Waals surface area contributed by atoms with Crippen LogP contribution in [0.4, 0.5) is 19.0 Å². The molecule has 1 atom stereocenters. The molecule has 7 heteroatoms. The standard InChI is InChI=1S/C12H11F3N4/c1-8(9-4-6-16-7-5-9)17-11-3-2-10(18-19-11)12(13,14)15/h2-8H,1H3,(H,17,19). The van der Waals surface area contributed by atoms with Crippen molar-refractivity contribution in [2.75, 3.05) is 5.32 Å². The largest absolute Gasteiger partial charge is 0.435 e. The van der Waals surface area contributed by atoms with Crippen LogP contribution in [-0.2, 0) is 6.18 Å². The van der Waals surface area contributed by atoms with E-state index >= 15 is 0 Å². The summed E-state index contributed by atoms with van der Waals surface area (Å²) in [5.41, 5.74) is -0.0497. The van der Waals surface area contributed by atoms with E-state index in [-0.39, 0.29) is 11.9 Å². The van der Waals surface area contributed by atoms with Gasteiger partial charge in [-0.05, 0) is 36.8 Å². The highest BCUT2D eigenvalue weighted by atomic mass is 19.4. The first-order chi connectivity index (χ1) is 8.97. The Kier molecular flexibility index (Phi) is 3.64. The van der Waals surface area contributed by atoms with Crippen LogP contribution in [-0.4, -0.2) is 15.2 Å². The van der Waals surface area contributed by atoms with E-state index in [1.165, 1.54) is 6.07 Å². The molecule has 0 aliphatic carbocycles. The molecule has 19 heavy (non-hydrogen) atoms. The minimum Gasteiger partial charge on any atom is -0.362 e. The third-order valence-electron chi connectivity index (χ3n) is 2.53. The quantitative estimate of drug-likeness (QED) is 0.929. The van der Waals surface area contributed by atoms with E-state index in [2.05, 4.69) is 20.5 Å². The molecule has 0 aliphatic rings. The number of hydrogen-bond acceptors (Lipinski definition) is 4. The fourth-order valence-corrected chi connectivity index (χ4v) is 1.52. The van der Waals surface area contributed by atoms with E-state index < -0.39 is 11.9 Å². The van der Waals surface area contributed by atoms with E-state index in [0.717, 1.165) is 11.6 Å². The van der Waals surface area contributed by atoms with E-state index in [4.69, 9.17) is 0 Å². The van der Waals surface area contributed by atoms with Gasteiger partial charge in [-0.2, -0.15) is 13.2 Å². The number of rotatable bonds is 3. The van der Waals surface area contributed by atoms with Crippen LogP contribution in [0.1, 0.15) is 24.2 Å². The van der Waals surface area contributed by atoms with Crippen molar-refractivity contribution in [3.05, 3.63) is 47.9 Å². The van der Waals surface area contributed by atoms with Gasteiger partial charge in [-0.1, -0.05) is 0 Å². The summed E-state index contributed by atoms with van der Waals surface area (Å²) in [4.78, 5) is 3.89. The number of aromatic nitrogens is 3. The minimum atomic E-state index is -4.47. The lowest BCUT2D eigenvalue weighted by molar-refractivity contribution is -0.141. The molecule has 2 rings (SSSR count). The zero-order valence-corrected chi connectivity index (χ0v) is 10.0. The van der Waals surface area contributed by atoms with Gasteiger partial charge in [-0.3, -0.25) is 4.98 Å². The molecule has 0 amide bonds. The monoisotopic (exact) mass is 268 g/mol. The molecule has 0 bridgehead atoms. The van der Waals surface area contributed by atoms with Crippen LogP contribution in [0.3, 0.4) is 0 Å². The zero-order valence-electron chi connectivity index (χ0n) is 10.0. The molecule has 2 aromatic rings. The molecule has 2 heterocycles. The predicted molar refractivity (Wildman–Crippen MR) is 63.3 cm³/mol. The number of nitrogens with one attached hydrogen (secondary N) is 1. The maximum Gasteiger partial charge on any atom is 0.435 e. The van der Waals surface area contributed by atoms with Gasteiger partial charge in [0.2, 0.25) is 0 Å². The Balaban J connectivity index is 2.08. The van der Waals surface area contributed by atoms with E-state index in [9.17, 15) is 13.2 Å². The van der Waals surface area contributed by atoms with Gasteiger partial charge in [-0.15, -0.1) is 10.2 Å². The lowest BCUT2D eigenvalue weighted by Crippen LogP contribution is -2.12. The fraction of sp³-hybridized carbons (Fsp3) is 0.250. The van der Waals surface area contributed by atoms with Gasteiger partial charge in [0.15, 0.2) is 5.69 Å². The lowest BCUT2D eigenvalue weighted by Gasteiger charge is -2.14. The average molecular weight is 268 g/mol. The van der Waals surface area contributed by atoms with Gasteiger partial charge in [0.25, 0.3) is 0 Å². The third-order valence-corrected chi connectivity index (χ3v) is 2.53. The van der Waals surface area contributed by atoms with Crippen molar-refractivity contribution >= 4 is 5.82 Å². The van der Waals surface area contributed by atoms with Crippen molar-refractivity contribution in [1.82, 2.24) is 15.2 Å². The highest BCUT2D eigenvalue weighted by Gasteiger charge is 2.32. The molecule has 0 aromatic carbocycles. The van der Waals surface area contributed by atoms with E-state index in [1.54, 1.807) is 12.4 Å². The second-order valence-corrected chi connectivity index (χ2v) is 3.95. The third kappa shape index (κ3) is 3.40. The van der Waals surface area contributed by atoms with Gasteiger partial charge in [0, 0.05) is 12.4 Å². The van der Waals surface area contributed by atoms with Gasteiger partial charge in [-0.25, -0.2) is 0 Å².